The normalized spacial score (nSPS) is 26.7. The maximum atomic E-state index is 4.82. The molecule has 0 aromatic carbocycles. The molecule has 1 atom stereocenters. The summed E-state index contributed by atoms with van der Waals surface area (Å²) in [5.74, 6) is 0.704. The monoisotopic (exact) mass is 175 g/mol. The van der Waals surface area contributed by atoms with Crippen LogP contribution in [-0.2, 0) is 4.18 Å². The van der Waals surface area contributed by atoms with E-state index in [4.69, 9.17) is 4.18 Å². The Morgan fingerprint density at radius 2 is 2.36 bits per heavy atom. The summed E-state index contributed by atoms with van der Waals surface area (Å²) in [6.45, 7) is 7.68. The highest BCUT2D eigenvalue weighted by Gasteiger charge is 2.23. The SMILES string of the molecule is CC(C)N1CCC(COS)C1. The van der Waals surface area contributed by atoms with Crippen molar-refractivity contribution in [2.75, 3.05) is 19.7 Å². The average molecular weight is 175 g/mol. The Balaban J connectivity index is 2.23. The second kappa shape index (κ2) is 4.33. The topological polar surface area (TPSA) is 12.5 Å². The first-order chi connectivity index (χ1) is 5.24. The van der Waals surface area contributed by atoms with Crippen LogP contribution in [0.25, 0.3) is 0 Å². The van der Waals surface area contributed by atoms with Crippen LogP contribution >= 0.6 is 12.9 Å². The van der Waals surface area contributed by atoms with E-state index >= 15 is 0 Å². The molecule has 0 spiro atoms. The first kappa shape index (κ1) is 9.36. The van der Waals surface area contributed by atoms with Gasteiger partial charge in [0.1, 0.15) is 0 Å². The van der Waals surface area contributed by atoms with E-state index in [-0.39, 0.29) is 0 Å². The summed E-state index contributed by atoms with van der Waals surface area (Å²) in [4.78, 5) is 2.48. The number of nitrogens with zero attached hydrogens (tertiary/aromatic N) is 1. The molecule has 1 rings (SSSR count). The molecule has 1 unspecified atom stereocenters. The molecule has 0 amide bonds. The van der Waals surface area contributed by atoms with Gasteiger partial charge >= 0.3 is 0 Å². The molecule has 0 saturated carbocycles. The maximum absolute atomic E-state index is 4.82. The van der Waals surface area contributed by atoms with Gasteiger partial charge in [-0.25, -0.2) is 0 Å². The molecule has 0 aromatic heterocycles. The van der Waals surface area contributed by atoms with Crippen LogP contribution < -0.4 is 0 Å². The van der Waals surface area contributed by atoms with E-state index in [1.807, 2.05) is 0 Å². The van der Waals surface area contributed by atoms with Crippen molar-refractivity contribution in [2.24, 2.45) is 5.92 Å². The number of likely N-dealkylation sites (tertiary alicyclic amines) is 1. The molecule has 11 heavy (non-hydrogen) atoms. The predicted octanol–water partition coefficient (Wildman–Crippen LogP) is 1.58. The lowest BCUT2D eigenvalue weighted by Gasteiger charge is -2.19. The summed E-state index contributed by atoms with van der Waals surface area (Å²) in [6.07, 6.45) is 1.26. The summed E-state index contributed by atoms with van der Waals surface area (Å²) < 4.78 is 4.82. The minimum Gasteiger partial charge on any atom is -0.318 e. The lowest BCUT2D eigenvalue weighted by molar-refractivity contribution is 0.241. The summed E-state index contributed by atoms with van der Waals surface area (Å²) in [5.41, 5.74) is 0. The summed E-state index contributed by atoms with van der Waals surface area (Å²) >= 11 is 3.76. The first-order valence-corrected chi connectivity index (χ1v) is 4.61. The van der Waals surface area contributed by atoms with Crippen molar-refractivity contribution >= 4 is 12.9 Å². The number of hydrogen-bond donors (Lipinski definition) is 1. The highest BCUT2D eigenvalue weighted by atomic mass is 32.1. The maximum Gasteiger partial charge on any atom is 0.0651 e. The predicted molar refractivity (Wildman–Crippen MR) is 49.8 cm³/mol. The van der Waals surface area contributed by atoms with Gasteiger partial charge in [-0.05, 0) is 45.6 Å². The van der Waals surface area contributed by atoms with Crippen molar-refractivity contribution in [3.63, 3.8) is 0 Å². The van der Waals surface area contributed by atoms with Crippen LogP contribution in [0.15, 0.2) is 0 Å². The van der Waals surface area contributed by atoms with E-state index < -0.39 is 0 Å². The van der Waals surface area contributed by atoms with Crippen LogP contribution in [0.3, 0.4) is 0 Å². The Kier molecular flexibility index (Phi) is 3.69. The minimum atomic E-state index is 0.680. The standard InChI is InChI=1S/C8H17NOS/c1-7(2)9-4-3-8(5-9)6-10-11/h7-8,11H,3-6H2,1-2H3. The quantitative estimate of drug-likeness (QED) is 0.516. The molecule has 2 nitrogen and oxygen atoms in total. The summed E-state index contributed by atoms with van der Waals surface area (Å²) in [7, 11) is 0. The van der Waals surface area contributed by atoms with E-state index in [1.54, 1.807) is 0 Å². The van der Waals surface area contributed by atoms with E-state index in [1.165, 1.54) is 19.5 Å². The van der Waals surface area contributed by atoms with Crippen molar-refractivity contribution in [1.82, 2.24) is 4.90 Å². The number of rotatable bonds is 3. The molecule has 66 valence electrons. The fraction of sp³-hybridized carbons (Fsp3) is 1.00. The van der Waals surface area contributed by atoms with Crippen molar-refractivity contribution < 1.29 is 4.18 Å². The van der Waals surface area contributed by atoms with Crippen LogP contribution in [0.4, 0.5) is 0 Å². The van der Waals surface area contributed by atoms with Gasteiger partial charge in [0.2, 0.25) is 0 Å². The number of thiol groups is 1. The van der Waals surface area contributed by atoms with E-state index in [0.717, 1.165) is 6.61 Å². The van der Waals surface area contributed by atoms with Gasteiger partial charge in [-0.2, -0.15) is 0 Å². The highest BCUT2D eigenvalue weighted by molar-refractivity contribution is 7.75. The zero-order valence-electron chi connectivity index (χ0n) is 7.29. The molecule has 1 heterocycles. The van der Waals surface area contributed by atoms with E-state index in [2.05, 4.69) is 31.7 Å². The molecule has 1 saturated heterocycles. The molecule has 0 bridgehead atoms. The Hall–Kier alpha value is 0.270. The molecular formula is C8H17NOS. The van der Waals surface area contributed by atoms with Crippen LogP contribution in [0, 0.1) is 5.92 Å². The molecule has 1 aliphatic heterocycles. The van der Waals surface area contributed by atoms with Gasteiger partial charge < -0.3 is 9.08 Å². The molecule has 0 aromatic rings. The van der Waals surface area contributed by atoms with Gasteiger partial charge in [-0.15, -0.1) is 0 Å². The van der Waals surface area contributed by atoms with Crippen molar-refractivity contribution in [3.05, 3.63) is 0 Å². The average Bonchev–Trinajstić information content (AvgIpc) is 2.37. The molecular weight excluding hydrogens is 158 g/mol. The lowest BCUT2D eigenvalue weighted by atomic mass is 10.1. The van der Waals surface area contributed by atoms with Gasteiger partial charge in [0.25, 0.3) is 0 Å². The Bertz CT molecular complexity index is 119. The molecule has 1 fully saturated rings. The third-order valence-corrected chi connectivity index (χ3v) is 2.51. The van der Waals surface area contributed by atoms with Gasteiger partial charge in [-0.3, -0.25) is 0 Å². The molecule has 3 heteroatoms. The summed E-state index contributed by atoms with van der Waals surface area (Å²) in [5, 5.41) is 0. The Morgan fingerprint density at radius 1 is 1.64 bits per heavy atom. The van der Waals surface area contributed by atoms with Gasteiger partial charge in [0.05, 0.1) is 6.61 Å². The fourth-order valence-electron chi connectivity index (χ4n) is 1.57. The van der Waals surface area contributed by atoms with Crippen LogP contribution in [-0.4, -0.2) is 30.6 Å². The van der Waals surface area contributed by atoms with Crippen molar-refractivity contribution in [2.45, 2.75) is 26.3 Å². The third-order valence-electron chi connectivity index (χ3n) is 2.36. The summed E-state index contributed by atoms with van der Waals surface area (Å²) in [6, 6.07) is 0.680. The third kappa shape index (κ3) is 2.65. The lowest BCUT2D eigenvalue weighted by Crippen LogP contribution is -2.28. The zero-order valence-corrected chi connectivity index (χ0v) is 8.18. The highest BCUT2D eigenvalue weighted by Crippen LogP contribution is 2.18. The fourth-order valence-corrected chi connectivity index (χ4v) is 1.78. The molecule has 0 N–H and O–H groups in total. The number of hydrogen-bond acceptors (Lipinski definition) is 3. The van der Waals surface area contributed by atoms with Crippen LogP contribution in [0.1, 0.15) is 20.3 Å². The van der Waals surface area contributed by atoms with Crippen molar-refractivity contribution in [1.29, 1.82) is 0 Å². The first-order valence-electron chi connectivity index (χ1n) is 4.24. The largest absolute Gasteiger partial charge is 0.318 e. The smallest absolute Gasteiger partial charge is 0.0651 e. The Labute approximate surface area is 74.5 Å². The molecule has 1 aliphatic rings. The zero-order chi connectivity index (χ0) is 8.27. The Morgan fingerprint density at radius 3 is 2.82 bits per heavy atom. The van der Waals surface area contributed by atoms with Gasteiger partial charge in [0.15, 0.2) is 0 Å². The second-order valence-corrected chi connectivity index (χ2v) is 3.80. The van der Waals surface area contributed by atoms with Crippen LogP contribution in [0.5, 0.6) is 0 Å². The minimum absolute atomic E-state index is 0.680. The van der Waals surface area contributed by atoms with E-state index in [9.17, 15) is 0 Å². The van der Waals surface area contributed by atoms with Crippen molar-refractivity contribution in [3.8, 4) is 0 Å². The molecule has 0 radical (unpaired) electrons. The second-order valence-electron chi connectivity index (χ2n) is 3.54. The van der Waals surface area contributed by atoms with E-state index in [0.29, 0.717) is 12.0 Å². The van der Waals surface area contributed by atoms with Gasteiger partial charge in [-0.1, -0.05) is 0 Å². The van der Waals surface area contributed by atoms with Crippen LogP contribution in [0.2, 0.25) is 0 Å². The van der Waals surface area contributed by atoms with Gasteiger partial charge in [0, 0.05) is 12.6 Å². The molecule has 0 aliphatic carbocycles.